The molecule has 0 spiro atoms. The summed E-state index contributed by atoms with van der Waals surface area (Å²) >= 11 is 5.98. The molecule has 26 heavy (non-hydrogen) atoms. The first kappa shape index (κ1) is 20.1. The van der Waals surface area contributed by atoms with Gasteiger partial charge in [0.2, 0.25) is 0 Å². The van der Waals surface area contributed by atoms with E-state index in [1.165, 1.54) is 25.3 Å². The van der Waals surface area contributed by atoms with Gasteiger partial charge < -0.3 is 15.4 Å². The average molecular weight is 387 g/mol. The van der Waals surface area contributed by atoms with Crippen LogP contribution in [0.3, 0.4) is 0 Å². The molecule has 2 N–H and O–H groups in total. The number of amides is 2. The average Bonchev–Trinajstić information content (AvgIpc) is 2.59. The van der Waals surface area contributed by atoms with Crippen LogP contribution < -0.4 is 10.6 Å². The van der Waals surface area contributed by atoms with Gasteiger partial charge in [-0.05, 0) is 36.8 Å². The maximum atomic E-state index is 13.0. The van der Waals surface area contributed by atoms with E-state index in [-0.39, 0.29) is 12.2 Å². The predicted octanol–water partition coefficient (Wildman–Crippen LogP) is 5.04. The largest absolute Gasteiger partial charge is 0.418 e. The number of ether oxygens (including phenoxy) is 1. The number of anilines is 1. The van der Waals surface area contributed by atoms with Crippen molar-refractivity contribution in [1.29, 1.82) is 0 Å². The van der Waals surface area contributed by atoms with Gasteiger partial charge in [-0.25, -0.2) is 4.79 Å². The van der Waals surface area contributed by atoms with E-state index in [0.717, 1.165) is 11.6 Å². The molecule has 2 aromatic rings. The van der Waals surface area contributed by atoms with Crippen molar-refractivity contribution in [3.05, 3.63) is 64.7 Å². The smallest absolute Gasteiger partial charge is 0.372 e. The monoisotopic (exact) mass is 386 g/mol. The predicted molar refractivity (Wildman–Crippen MR) is 94.3 cm³/mol. The van der Waals surface area contributed by atoms with E-state index in [1.54, 1.807) is 31.2 Å². The Balaban J connectivity index is 2.09. The van der Waals surface area contributed by atoms with Crippen molar-refractivity contribution in [3.63, 3.8) is 0 Å². The van der Waals surface area contributed by atoms with Crippen LogP contribution in [-0.2, 0) is 16.5 Å². The number of nitrogens with one attached hydrogen (secondary N) is 2. The highest BCUT2D eigenvalue weighted by molar-refractivity contribution is 6.30. The minimum Gasteiger partial charge on any atom is -0.372 e. The summed E-state index contributed by atoms with van der Waals surface area (Å²) in [4.78, 5) is 12.1. The van der Waals surface area contributed by atoms with Gasteiger partial charge in [-0.1, -0.05) is 35.9 Å². The van der Waals surface area contributed by atoms with Gasteiger partial charge in [0, 0.05) is 12.1 Å². The summed E-state index contributed by atoms with van der Waals surface area (Å²) in [5.41, 5.74) is -1.41. The van der Waals surface area contributed by atoms with Gasteiger partial charge in [0.25, 0.3) is 0 Å². The standard InChI is InChI=1S/C18H18ClF3N2O2/c1-17(26-2,12-6-5-7-13(19)10-12)11-23-16(25)24-15-9-4-3-8-14(15)18(20,21)22/h3-10H,11H2,1-2H3,(H2,23,24,25). The Morgan fingerprint density at radius 1 is 1.15 bits per heavy atom. The van der Waals surface area contributed by atoms with Gasteiger partial charge in [0.1, 0.15) is 5.60 Å². The summed E-state index contributed by atoms with van der Waals surface area (Å²) in [5.74, 6) is 0. The quantitative estimate of drug-likeness (QED) is 0.756. The van der Waals surface area contributed by atoms with E-state index >= 15 is 0 Å². The summed E-state index contributed by atoms with van der Waals surface area (Å²) < 4.78 is 44.4. The molecule has 8 heteroatoms. The molecule has 0 aliphatic carbocycles. The zero-order valence-electron chi connectivity index (χ0n) is 14.2. The lowest BCUT2D eigenvalue weighted by atomic mass is 9.96. The molecule has 2 aromatic carbocycles. The lowest BCUT2D eigenvalue weighted by Gasteiger charge is -2.29. The molecule has 2 rings (SSSR count). The SMILES string of the molecule is COC(C)(CNC(=O)Nc1ccccc1C(F)(F)F)c1cccc(Cl)c1. The van der Waals surface area contributed by atoms with Gasteiger partial charge in [-0.2, -0.15) is 13.2 Å². The molecule has 0 aliphatic heterocycles. The third-order valence-corrected chi connectivity index (χ3v) is 4.19. The molecule has 0 saturated heterocycles. The summed E-state index contributed by atoms with van der Waals surface area (Å²) in [7, 11) is 1.47. The van der Waals surface area contributed by atoms with Crippen molar-refractivity contribution < 1.29 is 22.7 Å². The molecule has 0 aliphatic rings. The van der Waals surface area contributed by atoms with Crippen LogP contribution in [0.25, 0.3) is 0 Å². The Morgan fingerprint density at radius 2 is 1.85 bits per heavy atom. The molecule has 0 bridgehead atoms. The number of rotatable bonds is 5. The van der Waals surface area contributed by atoms with Crippen LogP contribution in [0.1, 0.15) is 18.1 Å². The number of alkyl halides is 3. The maximum absolute atomic E-state index is 13.0. The third-order valence-electron chi connectivity index (χ3n) is 3.95. The Hall–Kier alpha value is -2.25. The molecule has 4 nitrogen and oxygen atoms in total. The number of hydrogen-bond donors (Lipinski definition) is 2. The molecule has 1 unspecified atom stereocenters. The van der Waals surface area contributed by atoms with Gasteiger partial charge in [0.05, 0.1) is 17.8 Å². The molecule has 0 heterocycles. The number of halogens is 4. The van der Waals surface area contributed by atoms with E-state index in [1.807, 2.05) is 0 Å². The number of hydrogen-bond acceptors (Lipinski definition) is 2. The minimum absolute atomic E-state index is 0.0316. The van der Waals surface area contributed by atoms with Crippen molar-refractivity contribution in [1.82, 2.24) is 5.32 Å². The number of carbonyl (C=O) groups excluding carboxylic acids is 1. The van der Waals surface area contributed by atoms with Gasteiger partial charge in [0.15, 0.2) is 0 Å². The first-order valence-electron chi connectivity index (χ1n) is 7.68. The number of carbonyl (C=O) groups is 1. The Morgan fingerprint density at radius 3 is 2.46 bits per heavy atom. The first-order chi connectivity index (χ1) is 12.2. The zero-order valence-corrected chi connectivity index (χ0v) is 14.9. The van der Waals surface area contributed by atoms with Gasteiger partial charge in [-0.15, -0.1) is 0 Å². The van der Waals surface area contributed by atoms with Crippen molar-refractivity contribution in [2.24, 2.45) is 0 Å². The third kappa shape index (κ3) is 4.89. The van der Waals surface area contributed by atoms with Gasteiger partial charge >= 0.3 is 12.2 Å². The molecular formula is C18H18ClF3N2O2. The van der Waals surface area contributed by atoms with E-state index in [2.05, 4.69) is 10.6 Å². The molecule has 2 amide bonds. The highest BCUT2D eigenvalue weighted by Crippen LogP contribution is 2.34. The minimum atomic E-state index is -4.56. The fraction of sp³-hybridized carbons (Fsp3) is 0.278. The molecule has 1 atom stereocenters. The Kier molecular flexibility index (Phi) is 6.15. The molecular weight excluding hydrogens is 369 g/mol. The van der Waals surface area contributed by atoms with Crippen molar-refractivity contribution in [3.8, 4) is 0 Å². The Bertz CT molecular complexity index is 783. The second kappa shape index (κ2) is 7.97. The fourth-order valence-corrected chi connectivity index (χ4v) is 2.55. The maximum Gasteiger partial charge on any atom is 0.418 e. The summed E-state index contributed by atoms with van der Waals surface area (Å²) in [6.07, 6.45) is -4.56. The molecule has 0 fully saturated rings. The summed E-state index contributed by atoms with van der Waals surface area (Å²) in [5, 5.41) is 5.27. The summed E-state index contributed by atoms with van der Waals surface area (Å²) in [6.45, 7) is 1.77. The Labute approximate surface area is 154 Å². The van der Waals surface area contributed by atoms with Crippen molar-refractivity contribution in [2.45, 2.75) is 18.7 Å². The highest BCUT2D eigenvalue weighted by Gasteiger charge is 2.34. The number of urea groups is 1. The highest BCUT2D eigenvalue weighted by atomic mass is 35.5. The van der Waals surface area contributed by atoms with E-state index in [4.69, 9.17) is 16.3 Å². The van der Waals surface area contributed by atoms with Crippen LogP contribution in [-0.4, -0.2) is 19.7 Å². The van der Waals surface area contributed by atoms with Crippen molar-refractivity contribution in [2.75, 3.05) is 19.0 Å². The molecule has 0 radical (unpaired) electrons. The van der Waals surface area contributed by atoms with Crippen LogP contribution >= 0.6 is 11.6 Å². The second-order valence-electron chi connectivity index (χ2n) is 5.80. The van der Waals surface area contributed by atoms with Gasteiger partial charge in [-0.3, -0.25) is 0 Å². The van der Waals surface area contributed by atoms with Crippen LogP contribution in [0.5, 0.6) is 0 Å². The number of methoxy groups -OCH3 is 1. The fourth-order valence-electron chi connectivity index (χ4n) is 2.36. The number of para-hydroxylation sites is 1. The van der Waals surface area contributed by atoms with E-state index in [9.17, 15) is 18.0 Å². The van der Waals surface area contributed by atoms with Crippen LogP contribution in [0.15, 0.2) is 48.5 Å². The van der Waals surface area contributed by atoms with E-state index < -0.39 is 23.4 Å². The molecule has 0 saturated carbocycles. The number of benzene rings is 2. The first-order valence-corrected chi connectivity index (χ1v) is 8.06. The summed E-state index contributed by atoms with van der Waals surface area (Å²) in [6, 6.07) is 10.9. The van der Waals surface area contributed by atoms with E-state index in [0.29, 0.717) is 5.02 Å². The van der Waals surface area contributed by atoms with Crippen LogP contribution in [0.2, 0.25) is 5.02 Å². The normalized spacial score (nSPS) is 13.8. The van der Waals surface area contributed by atoms with Crippen molar-refractivity contribution >= 4 is 23.3 Å². The van der Waals surface area contributed by atoms with Crippen LogP contribution in [0, 0.1) is 0 Å². The zero-order chi connectivity index (χ0) is 19.4. The second-order valence-corrected chi connectivity index (χ2v) is 6.23. The van der Waals surface area contributed by atoms with Crippen LogP contribution in [0.4, 0.5) is 23.7 Å². The lowest BCUT2D eigenvalue weighted by Crippen LogP contribution is -2.42. The lowest BCUT2D eigenvalue weighted by molar-refractivity contribution is -0.136. The molecule has 0 aromatic heterocycles. The topological polar surface area (TPSA) is 50.4 Å². The molecule has 140 valence electrons.